The van der Waals surface area contributed by atoms with Gasteiger partial charge in [0.25, 0.3) is 0 Å². The molecular formula is C21H25N3O2S. The molecule has 0 unspecified atom stereocenters. The number of aromatic nitrogens is 1. The van der Waals surface area contributed by atoms with E-state index in [0.29, 0.717) is 6.04 Å². The highest BCUT2D eigenvalue weighted by atomic mass is 32.2. The van der Waals surface area contributed by atoms with E-state index < -0.39 is 0 Å². The van der Waals surface area contributed by atoms with Gasteiger partial charge in [-0.2, -0.15) is 0 Å². The maximum absolute atomic E-state index is 5.85. The van der Waals surface area contributed by atoms with Gasteiger partial charge < -0.3 is 14.4 Å². The molecule has 0 aliphatic carbocycles. The van der Waals surface area contributed by atoms with Gasteiger partial charge >= 0.3 is 0 Å². The maximum atomic E-state index is 5.85. The van der Waals surface area contributed by atoms with Crippen LogP contribution in [-0.2, 0) is 0 Å². The Labute approximate surface area is 164 Å². The van der Waals surface area contributed by atoms with Crippen LogP contribution in [0.2, 0.25) is 0 Å². The first-order valence-corrected chi connectivity index (χ1v) is 10.3. The van der Waals surface area contributed by atoms with Gasteiger partial charge in [0.2, 0.25) is 0 Å². The number of fused-ring (bicyclic) bond motifs is 1. The molecule has 1 fully saturated rings. The summed E-state index contributed by atoms with van der Waals surface area (Å²) in [6.07, 6.45) is 2.94. The zero-order valence-electron chi connectivity index (χ0n) is 16.2. The lowest BCUT2D eigenvalue weighted by molar-refractivity contribution is 0.248. The molecule has 3 atom stereocenters. The molecule has 27 heavy (non-hydrogen) atoms. The summed E-state index contributed by atoms with van der Waals surface area (Å²) in [6.45, 7) is 4.29. The summed E-state index contributed by atoms with van der Waals surface area (Å²) in [7, 11) is 3.42. The monoisotopic (exact) mass is 383 g/mol. The zero-order chi connectivity index (χ0) is 19.0. The van der Waals surface area contributed by atoms with E-state index in [1.807, 2.05) is 43.1 Å². The number of hydrogen-bond acceptors (Lipinski definition) is 6. The Kier molecular flexibility index (Phi) is 5.00. The van der Waals surface area contributed by atoms with Crippen molar-refractivity contribution in [3.05, 3.63) is 53.3 Å². The molecule has 3 heterocycles. The van der Waals surface area contributed by atoms with E-state index in [1.54, 1.807) is 14.2 Å². The van der Waals surface area contributed by atoms with Crippen molar-refractivity contribution in [3.8, 4) is 11.5 Å². The molecule has 0 spiro atoms. The van der Waals surface area contributed by atoms with Gasteiger partial charge in [-0.15, -0.1) is 0 Å². The second-order valence-corrected chi connectivity index (χ2v) is 7.84. The van der Waals surface area contributed by atoms with Gasteiger partial charge in [0.1, 0.15) is 17.5 Å². The number of amidine groups is 1. The molecule has 2 aliphatic heterocycles. The summed E-state index contributed by atoms with van der Waals surface area (Å²) in [5, 5.41) is 1.12. The van der Waals surface area contributed by atoms with Crippen molar-refractivity contribution in [1.82, 2.24) is 9.88 Å². The van der Waals surface area contributed by atoms with Crippen LogP contribution in [0.25, 0.3) is 0 Å². The van der Waals surface area contributed by atoms with E-state index in [2.05, 4.69) is 28.9 Å². The smallest absolute Gasteiger partial charge is 0.160 e. The van der Waals surface area contributed by atoms with Crippen LogP contribution in [0, 0.1) is 6.92 Å². The summed E-state index contributed by atoms with van der Waals surface area (Å²) in [4.78, 5) is 12.2. The van der Waals surface area contributed by atoms with Crippen LogP contribution in [0.1, 0.15) is 42.2 Å². The summed E-state index contributed by atoms with van der Waals surface area (Å²) in [6, 6.07) is 10.7. The number of ether oxygens (including phenoxy) is 2. The van der Waals surface area contributed by atoms with E-state index in [4.69, 9.17) is 14.5 Å². The van der Waals surface area contributed by atoms with E-state index in [-0.39, 0.29) is 12.1 Å². The Hall–Kier alpha value is -2.21. The molecule has 0 bridgehead atoms. The minimum absolute atomic E-state index is 0.0373. The minimum atomic E-state index is -0.0373. The number of pyridine rings is 1. The molecule has 6 heteroatoms. The Morgan fingerprint density at radius 3 is 2.70 bits per heavy atom. The van der Waals surface area contributed by atoms with Crippen molar-refractivity contribution < 1.29 is 9.47 Å². The number of nitrogens with zero attached hydrogens (tertiary/aromatic N) is 3. The Morgan fingerprint density at radius 1 is 1.19 bits per heavy atom. The summed E-state index contributed by atoms with van der Waals surface area (Å²) >= 11 is 1.85. The van der Waals surface area contributed by atoms with Gasteiger partial charge in [0.05, 0.1) is 26.0 Å². The van der Waals surface area contributed by atoms with Crippen molar-refractivity contribution in [2.45, 2.75) is 38.4 Å². The molecular weight excluding hydrogens is 358 g/mol. The number of aliphatic imine (C=N–C) groups is 1. The van der Waals surface area contributed by atoms with Crippen molar-refractivity contribution in [2.75, 3.05) is 20.0 Å². The molecule has 0 N–H and O–H groups in total. The topological polar surface area (TPSA) is 47.0 Å². The van der Waals surface area contributed by atoms with Crippen LogP contribution in [0.5, 0.6) is 11.5 Å². The Balaban J connectivity index is 1.86. The average Bonchev–Trinajstić information content (AvgIpc) is 3.27. The lowest BCUT2D eigenvalue weighted by Gasteiger charge is -2.33. The normalized spacial score (nSPS) is 23.9. The second-order valence-electron chi connectivity index (χ2n) is 6.85. The molecule has 1 aromatic carbocycles. The average molecular weight is 384 g/mol. The SMILES string of the molecule is CC[C@@H]1CSC2=N[C@H](c3ccccn3)[C@H](c3ccc(OC)c(C)c3OC)N21. The van der Waals surface area contributed by atoms with Crippen LogP contribution in [0.3, 0.4) is 0 Å². The third-order valence-corrected chi connectivity index (χ3v) is 6.58. The van der Waals surface area contributed by atoms with Crippen molar-refractivity contribution in [1.29, 1.82) is 0 Å². The van der Waals surface area contributed by atoms with Crippen molar-refractivity contribution in [3.63, 3.8) is 0 Å². The fourth-order valence-electron chi connectivity index (χ4n) is 4.11. The number of rotatable bonds is 5. The summed E-state index contributed by atoms with van der Waals surface area (Å²) in [5.74, 6) is 2.80. The van der Waals surface area contributed by atoms with Crippen LogP contribution in [-0.4, -0.2) is 41.1 Å². The van der Waals surface area contributed by atoms with E-state index >= 15 is 0 Å². The molecule has 0 amide bonds. The first-order chi connectivity index (χ1) is 13.2. The number of thioether (sulfide) groups is 1. The molecule has 1 saturated heterocycles. The lowest BCUT2D eigenvalue weighted by atomic mass is 9.93. The summed E-state index contributed by atoms with van der Waals surface area (Å²) in [5.41, 5.74) is 3.16. The van der Waals surface area contributed by atoms with Crippen LogP contribution in [0.4, 0.5) is 0 Å². The number of methoxy groups -OCH3 is 2. The molecule has 142 valence electrons. The fourth-order valence-corrected chi connectivity index (χ4v) is 5.44. The van der Waals surface area contributed by atoms with Crippen molar-refractivity contribution in [2.24, 2.45) is 4.99 Å². The first kappa shape index (κ1) is 18.2. The van der Waals surface area contributed by atoms with Crippen LogP contribution in [0.15, 0.2) is 41.5 Å². The van der Waals surface area contributed by atoms with Gasteiger partial charge in [-0.05, 0) is 37.6 Å². The van der Waals surface area contributed by atoms with E-state index in [9.17, 15) is 0 Å². The predicted molar refractivity (Wildman–Crippen MR) is 110 cm³/mol. The Bertz CT molecular complexity index is 856. The molecule has 1 aromatic heterocycles. The third kappa shape index (κ3) is 2.96. The Morgan fingerprint density at radius 2 is 2.04 bits per heavy atom. The quantitative estimate of drug-likeness (QED) is 0.766. The summed E-state index contributed by atoms with van der Waals surface area (Å²) < 4.78 is 11.4. The molecule has 5 nitrogen and oxygen atoms in total. The molecule has 4 rings (SSSR count). The maximum Gasteiger partial charge on any atom is 0.160 e. The molecule has 2 aromatic rings. The fraction of sp³-hybridized carbons (Fsp3) is 0.429. The highest BCUT2D eigenvalue weighted by Gasteiger charge is 2.46. The largest absolute Gasteiger partial charge is 0.496 e. The first-order valence-electron chi connectivity index (χ1n) is 9.30. The molecule has 0 radical (unpaired) electrons. The van der Waals surface area contributed by atoms with Gasteiger partial charge in [0.15, 0.2) is 5.17 Å². The van der Waals surface area contributed by atoms with E-state index in [0.717, 1.165) is 45.7 Å². The van der Waals surface area contributed by atoms with Gasteiger partial charge in [0, 0.05) is 29.1 Å². The molecule has 2 aliphatic rings. The van der Waals surface area contributed by atoms with Gasteiger partial charge in [-0.25, -0.2) is 0 Å². The highest BCUT2D eigenvalue weighted by molar-refractivity contribution is 8.14. The molecule has 0 saturated carbocycles. The van der Waals surface area contributed by atoms with Crippen LogP contribution >= 0.6 is 11.8 Å². The second kappa shape index (κ2) is 7.43. The predicted octanol–water partition coefficient (Wildman–Crippen LogP) is 4.39. The van der Waals surface area contributed by atoms with Gasteiger partial charge in [-0.3, -0.25) is 9.98 Å². The van der Waals surface area contributed by atoms with E-state index in [1.165, 1.54) is 0 Å². The van der Waals surface area contributed by atoms with Crippen LogP contribution < -0.4 is 9.47 Å². The van der Waals surface area contributed by atoms with Crippen molar-refractivity contribution >= 4 is 16.9 Å². The third-order valence-electron chi connectivity index (χ3n) is 5.46. The number of benzene rings is 1. The standard InChI is InChI=1S/C21H25N3O2S/c1-5-14-12-27-21-23-18(16-8-6-7-11-22-16)19(24(14)21)15-9-10-17(25-3)13(2)20(15)26-4/h6-11,14,18-19H,5,12H2,1-4H3/t14-,18-,19+/m1/s1. The zero-order valence-corrected chi connectivity index (χ0v) is 17.0. The minimum Gasteiger partial charge on any atom is -0.496 e. The lowest BCUT2D eigenvalue weighted by Crippen LogP contribution is -2.35. The number of hydrogen-bond donors (Lipinski definition) is 0. The van der Waals surface area contributed by atoms with Gasteiger partial charge in [-0.1, -0.05) is 24.8 Å². The highest BCUT2D eigenvalue weighted by Crippen LogP contribution is 2.51.